The molecule has 0 saturated carbocycles. The second-order valence-corrected chi connectivity index (χ2v) is 9.53. The summed E-state index contributed by atoms with van der Waals surface area (Å²) in [6.45, 7) is 3.31. The lowest BCUT2D eigenvalue weighted by molar-refractivity contribution is -0.120. The fraction of sp³-hybridized carbons (Fsp3) is 0.192. The Balaban J connectivity index is 1.43. The van der Waals surface area contributed by atoms with Crippen LogP contribution in [-0.2, 0) is 11.3 Å². The van der Waals surface area contributed by atoms with Gasteiger partial charge in [0.05, 0.1) is 28.8 Å². The Labute approximate surface area is 209 Å². The van der Waals surface area contributed by atoms with E-state index < -0.39 is 5.56 Å². The molecular weight excluding hydrogens is 480 g/mol. The molecule has 1 aliphatic rings. The number of fused-ring (bicyclic) bond motifs is 2. The van der Waals surface area contributed by atoms with E-state index >= 15 is 0 Å². The predicted octanol–water partition coefficient (Wildman–Crippen LogP) is 3.57. The van der Waals surface area contributed by atoms with Crippen molar-refractivity contribution in [1.29, 1.82) is 0 Å². The van der Waals surface area contributed by atoms with Crippen LogP contribution in [0.2, 0.25) is 0 Å². The average molecular weight is 503 g/mol. The predicted molar refractivity (Wildman–Crippen MR) is 137 cm³/mol. The highest BCUT2D eigenvalue weighted by molar-refractivity contribution is 7.20. The first-order chi connectivity index (χ1) is 17.2. The van der Waals surface area contributed by atoms with Crippen LogP contribution < -0.4 is 20.5 Å². The number of benzene rings is 2. The lowest BCUT2D eigenvalue weighted by Gasteiger charge is -2.26. The number of thiophene rings is 1. The van der Waals surface area contributed by atoms with E-state index in [4.69, 9.17) is 4.74 Å². The second kappa shape index (κ2) is 9.04. The van der Waals surface area contributed by atoms with Crippen LogP contribution in [-0.4, -0.2) is 40.8 Å². The van der Waals surface area contributed by atoms with Gasteiger partial charge in [0, 0.05) is 18.3 Å². The molecule has 182 valence electrons. The Morgan fingerprint density at radius 3 is 2.69 bits per heavy atom. The highest BCUT2D eigenvalue weighted by Gasteiger charge is 2.24. The van der Waals surface area contributed by atoms with E-state index in [1.54, 1.807) is 32.2 Å². The fourth-order valence-electron chi connectivity index (χ4n) is 4.07. The number of Topliss-reactive ketones (excluding diaryl/α,β-unsaturated/α-hetero) is 1. The summed E-state index contributed by atoms with van der Waals surface area (Å²) in [4.78, 5) is 57.8. The number of ketones is 1. The Morgan fingerprint density at radius 1 is 1.14 bits per heavy atom. The number of carbonyl (C=O) groups is 3. The van der Waals surface area contributed by atoms with Crippen LogP contribution in [0.3, 0.4) is 0 Å². The lowest BCUT2D eigenvalue weighted by Crippen LogP contribution is -2.35. The molecule has 1 aliphatic heterocycles. The average Bonchev–Trinajstić information content (AvgIpc) is 3.21. The van der Waals surface area contributed by atoms with Crippen molar-refractivity contribution in [3.63, 3.8) is 0 Å². The van der Waals surface area contributed by atoms with E-state index in [1.165, 1.54) is 15.8 Å². The van der Waals surface area contributed by atoms with Gasteiger partial charge < -0.3 is 15.0 Å². The number of hydrogen-bond acceptors (Lipinski definition) is 7. The molecule has 0 aliphatic carbocycles. The van der Waals surface area contributed by atoms with Crippen molar-refractivity contribution in [2.24, 2.45) is 0 Å². The van der Waals surface area contributed by atoms with Crippen LogP contribution in [0.15, 0.2) is 53.6 Å². The second-order valence-electron chi connectivity index (χ2n) is 8.53. The number of ether oxygens (including phenoxy) is 1. The van der Waals surface area contributed by atoms with Gasteiger partial charge in [0.15, 0.2) is 12.4 Å². The minimum Gasteiger partial charge on any atom is -0.482 e. The molecule has 36 heavy (non-hydrogen) atoms. The summed E-state index contributed by atoms with van der Waals surface area (Å²) < 4.78 is 6.64. The van der Waals surface area contributed by atoms with Gasteiger partial charge in [0.2, 0.25) is 0 Å². The SMILES string of the molecule is Cc1ccccc1NC(=O)c1sc2ncn(CC(=O)c3ccc4c(c3)N(C)C(=O)CO4)c(=O)c2c1C. The van der Waals surface area contributed by atoms with Crippen LogP contribution in [0.4, 0.5) is 11.4 Å². The summed E-state index contributed by atoms with van der Waals surface area (Å²) in [5.74, 6) is -0.341. The number of nitrogens with zero attached hydrogens (tertiary/aromatic N) is 3. The molecular formula is C26H22N4O5S. The normalized spacial score (nSPS) is 12.9. The molecule has 0 radical (unpaired) electrons. The number of aryl methyl sites for hydroxylation is 2. The minimum atomic E-state index is -0.398. The zero-order valence-corrected chi connectivity index (χ0v) is 20.6. The Morgan fingerprint density at radius 2 is 1.92 bits per heavy atom. The summed E-state index contributed by atoms with van der Waals surface area (Å²) in [7, 11) is 1.62. The van der Waals surface area contributed by atoms with Gasteiger partial charge in [-0.1, -0.05) is 18.2 Å². The first-order valence-electron chi connectivity index (χ1n) is 11.2. The van der Waals surface area contributed by atoms with Gasteiger partial charge in [-0.25, -0.2) is 4.98 Å². The molecule has 2 amide bonds. The quantitative estimate of drug-likeness (QED) is 0.418. The van der Waals surface area contributed by atoms with E-state index in [0.717, 1.165) is 16.9 Å². The third-order valence-corrected chi connectivity index (χ3v) is 7.40. The van der Waals surface area contributed by atoms with Crippen molar-refractivity contribution in [3.8, 4) is 5.75 Å². The van der Waals surface area contributed by atoms with Crippen molar-refractivity contribution >= 4 is 50.5 Å². The zero-order valence-electron chi connectivity index (χ0n) is 19.8. The Kier molecular flexibility index (Phi) is 5.89. The van der Waals surface area contributed by atoms with Gasteiger partial charge in [-0.2, -0.15) is 0 Å². The zero-order chi connectivity index (χ0) is 25.6. The highest BCUT2D eigenvalue weighted by atomic mass is 32.1. The summed E-state index contributed by atoms with van der Waals surface area (Å²) in [5, 5.41) is 3.20. The molecule has 0 fully saturated rings. The van der Waals surface area contributed by atoms with Crippen molar-refractivity contribution in [2.45, 2.75) is 20.4 Å². The third-order valence-electron chi connectivity index (χ3n) is 6.20. The van der Waals surface area contributed by atoms with Crippen molar-refractivity contribution in [1.82, 2.24) is 9.55 Å². The molecule has 2 aromatic heterocycles. The van der Waals surface area contributed by atoms with Crippen molar-refractivity contribution < 1.29 is 19.1 Å². The molecule has 3 heterocycles. The molecule has 1 N–H and O–H groups in total. The summed E-state index contributed by atoms with van der Waals surface area (Å²) in [6.07, 6.45) is 1.32. The largest absolute Gasteiger partial charge is 0.482 e. The number of hydrogen-bond donors (Lipinski definition) is 1. The smallest absolute Gasteiger partial charge is 0.266 e. The molecule has 0 unspecified atom stereocenters. The van der Waals surface area contributed by atoms with Crippen LogP contribution in [0.1, 0.15) is 31.2 Å². The molecule has 9 nitrogen and oxygen atoms in total. The van der Waals surface area contributed by atoms with E-state index in [1.807, 2.05) is 31.2 Å². The lowest BCUT2D eigenvalue weighted by atomic mass is 10.1. The molecule has 2 aromatic carbocycles. The van der Waals surface area contributed by atoms with Gasteiger partial charge in [0.1, 0.15) is 10.6 Å². The molecule has 0 bridgehead atoms. The first kappa shape index (κ1) is 23.4. The van der Waals surface area contributed by atoms with Crippen molar-refractivity contribution in [3.05, 3.63) is 80.7 Å². The Hall–Kier alpha value is -4.31. The summed E-state index contributed by atoms with van der Waals surface area (Å²) in [5.41, 5.74) is 2.57. The van der Waals surface area contributed by atoms with Crippen LogP contribution in [0.25, 0.3) is 10.2 Å². The number of carbonyl (C=O) groups excluding carboxylic acids is 3. The maximum atomic E-state index is 13.3. The number of aromatic nitrogens is 2. The summed E-state index contributed by atoms with van der Waals surface area (Å²) in [6, 6.07) is 12.3. The van der Waals surface area contributed by atoms with Crippen LogP contribution >= 0.6 is 11.3 Å². The highest BCUT2D eigenvalue weighted by Crippen LogP contribution is 2.32. The van der Waals surface area contributed by atoms with E-state index in [2.05, 4.69) is 10.3 Å². The third kappa shape index (κ3) is 4.05. The van der Waals surface area contributed by atoms with Crippen LogP contribution in [0.5, 0.6) is 5.75 Å². The molecule has 5 rings (SSSR count). The fourth-order valence-corrected chi connectivity index (χ4v) is 5.11. The number of rotatable bonds is 5. The standard InChI is InChI=1S/C26H22N4O5S/c1-14-6-4-5-7-17(14)28-24(33)23-15(2)22-25(36-23)27-13-30(26(22)34)11-19(31)16-8-9-20-18(10-16)29(3)21(32)12-35-20/h4-10,13H,11-12H2,1-3H3,(H,28,33). The monoisotopic (exact) mass is 502 g/mol. The van der Waals surface area contributed by atoms with Crippen molar-refractivity contribution in [2.75, 3.05) is 23.9 Å². The van der Waals surface area contributed by atoms with Gasteiger partial charge in [-0.05, 0) is 49.2 Å². The van der Waals surface area contributed by atoms with Crippen LogP contribution in [0, 0.1) is 13.8 Å². The molecule has 10 heteroatoms. The minimum absolute atomic E-state index is 0.0527. The topological polar surface area (TPSA) is 111 Å². The van der Waals surface area contributed by atoms with Gasteiger partial charge in [-0.3, -0.25) is 23.7 Å². The number of nitrogens with one attached hydrogen (secondary N) is 1. The maximum Gasteiger partial charge on any atom is 0.266 e. The molecule has 0 spiro atoms. The number of likely N-dealkylation sites (N-methyl/N-ethyl adjacent to an activating group) is 1. The molecule has 4 aromatic rings. The number of para-hydroxylation sites is 1. The summed E-state index contributed by atoms with van der Waals surface area (Å²) >= 11 is 1.14. The van der Waals surface area contributed by atoms with Gasteiger partial charge in [0.25, 0.3) is 17.4 Å². The van der Waals surface area contributed by atoms with E-state index in [9.17, 15) is 19.2 Å². The first-order valence-corrected chi connectivity index (χ1v) is 12.0. The number of amides is 2. The van der Waals surface area contributed by atoms with Gasteiger partial charge in [-0.15, -0.1) is 11.3 Å². The Bertz CT molecular complexity index is 1620. The maximum absolute atomic E-state index is 13.3. The molecule has 0 saturated heterocycles. The molecule has 0 atom stereocenters. The van der Waals surface area contributed by atoms with E-state index in [0.29, 0.717) is 43.3 Å². The van der Waals surface area contributed by atoms with Gasteiger partial charge >= 0.3 is 0 Å². The van der Waals surface area contributed by atoms with E-state index in [-0.39, 0.29) is 30.7 Å². The number of anilines is 2.